The maximum Gasteiger partial charge on any atom is 0.350 e. The van der Waals surface area contributed by atoms with Crippen molar-refractivity contribution in [3.8, 4) is 0 Å². The molecule has 0 aromatic rings. The molecule has 18 heavy (non-hydrogen) atoms. The molecule has 106 valence electrons. The lowest BCUT2D eigenvalue weighted by Crippen LogP contribution is -2.46. The van der Waals surface area contributed by atoms with Crippen molar-refractivity contribution in [2.75, 3.05) is 6.54 Å². The Balaban J connectivity index is 2.17. The number of aliphatic hydroxyl groups excluding tert-OH is 1. The molecule has 1 aliphatic heterocycles. The molecule has 0 spiro atoms. The number of halogens is 2. The van der Waals surface area contributed by atoms with Gasteiger partial charge in [-0.2, -0.15) is 13.1 Å². The Hall–Kier alpha value is -0.270. The van der Waals surface area contributed by atoms with E-state index in [1.54, 1.807) is 0 Å². The minimum atomic E-state index is -4.51. The average Bonchev–Trinajstić information content (AvgIpc) is 2.78. The highest BCUT2D eigenvalue weighted by Crippen LogP contribution is 2.36. The molecular weight excluding hydrogens is 264 g/mol. The molecule has 3 unspecified atom stereocenters. The fraction of sp³-hybridized carbons (Fsp3) is 1.00. The lowest BCUT2D eigenvalue weighted by Gasteiger charge is -2.36. The molecule has 0 radical (unpaired) electrons. The maximum absolute atomic E-state index is 12.6. The molecule has 4 nitrogen and oxygen atoms in total. The highest BCUT2D eigenvalue weighted by atomic mass is 32.2. The van der Waals surface area contributed by atoms with Gasteiger partial charge in [0.05, 0.1) is 6.10 Å². The van der Waals surface area contributed by atoms with Gasteiger partial charge >= 0.3 is 5.76 Å². The van der Waals surface area contributed by atoms with E-state index < -0.39 is 27.9 Å². The molecule has 7 heteroatoms. The zero-order chi connectivity index (χ0) is 13.3. The lowest BCUT2D eigenvalue weighted by molar-refractivity contribution is 0.0373. The summed E-state index contributed by atoms with van der Waals surface area (Å²) in [6.07, 6.45) is 3.84. The van der Waals surface area contributed by atoms with Crippen molar-refractivity contribution < 1.29 is 22.3 Å². The number of rotatable bonds is 3. The van der Waals surface area contributed by atoms with Crippen LogP contribution in [0.5, 0.6) is 0 Å². The van der Waals surface area contributed by atoms with Gasteiger partial charge in [-0.3, -0.25) is 0 Å². The van der Waals surface area contributed by atoms with Gasteiger partial charge in [0, 0.05) is 18.5 Å². The minimum Gasteiger partial charge on any atom is -0.393 e. The van der Waals surface area contributed by atoms with Crippen molar-refractivity contribution in [1.29, 1.82) is 0 Å². The van der Waals surface area contributed by atoms with E-state index in [9.17, 15) is 22.3 Å². The van der Waals surface area contributed by atoms with E-state index in [2.05, 4.69) is 0 Å². The van der Waals surface area contributed by atoms with Crippen LogP contribution in [0.25, 0.3) is 0 Å². The smallest absolute Gasteiger partial charge is 0.350 e. The van der Waals surface area contributed by atoms with E-state index in [1.807, 2.05) is 0 Å². The highest BCUT2D eigenvalue weighted by molar-refractivity contribution is 7.89. The number of nitrogens with zero attached hydrogens (tertiary/aromatic N) is 1. The molecule has 0 aromatic carbocycles. The number of hydrogen-bond donors (Lipinski definition) is 1. The Morgan fingerprint density at radius 2 is 1.78 bits per heavy atom. The first-order valence-corrected chi connectivity index (χ1v) is 7.92. The summed E-state index contributed by atoms with van der Waals surface area (Å²) in [6.45, 7) is 0.153. The van der Waals surface area contributed by atoms with Crippen LogP contribution < -0.4 is 0 Å². The van der Waals surface area contributed by atoms with E-state index in [-0.39, 0.29) is 12.5 Å². The Morgan fingerprint density at radius 1 is 1.11 bits per heavy atom. The molecule has 1 N–H and O–H groups in total. The summed E-state index contributed by atoms with van der Waals surface area (Å²) >= 11 is 0. The number of aliphatic hydroxyl groups is 1. The molecule has 1 heterocycles. The fourth-order valence-corrected chi connectivity index (χ4v) is 4.43. The fourth-order valence-electron chi connectivity index (χ4n) is 3.20. The number of alkyl halides is 2. The van der Waals surface area contributed by atoms with Gasteiger partial charge in [-0.1, -0.05) is 12.8 Å². The van der Waals surface area contributed by atoms with Gasteiger partial charge in [0.2, 0.25) is 0 Å². The van der Waals surface area contributed by atoms with Crippen molar-refractivity contribution in [3.63, 3.8) is 0 Å². The highest BCUT2D eigenvalue weighted by Gasteiger charge is 2.45. The molecule has 1 saturated carbocycles. The van der Waals surface area contributed by atoms with Crippen molar-refractivity contribution in [1.82, 2.24) is 4.31 Å². The Bertz CT molecular complexity index is 388. The number of sulfonamides is 1. The third kappa shape index (κ3) is 2.53. The SMILES string of the molecule is O=S(=O)(C(F)F)N1CCCC1C1CCCCC1O. The maximum atomic E-state index is 12.6. The standard InChI is InChI=1S/C11H19F2NO3S/c12-11(13)18(16,17)14-7-3-5-9(14)8-4-1-2-6-10(8)15/h8-11,15H,1-7H2. The summed E-state index contributed by atoms with van der Waals surface area (Å²) < 4.78 is 49.3. The van der Waals surface area contributed by atoms with E-state index in [0.29, 0.717) is 19.3 Å². The van der Waals surface area contributed by atoms with Crippen LogP contribution in [0, 0.1) is 5.92 Å². The summed E-state index contributed by atoms with van der Waals surface area (Å²) in [5.41, 5.74) is 0. The molecule has 2 fully saturated rings. The van der Waals surface area contributed by atoms with Gasteiger partial charge < -0.3 is 5.11 Å². The van der Waals surface area contributed by atoms with Crippen LogP contribution in [0.4, 0.5) is 8.78 Å². The van der Waals surface area contributed by atoms with Gasteiger partial charge in [-0.25, -0.2) is 8.42 Å². The zero-order valence-electron chi connectivity index (χ0n) is 10.1. The molecule has 0 amide bonds. The molecule has 1 saturated heterocycles. The van der Waals surface area contributed by atoms with Crippen LogP contribution in [0.15, 0.2) is 0 Å². The summed E-state index contributed by atoms with van der Waals surface area (Å²) in [4.78, 5) is 0. The first kappa shape index (κ1) is 14.1. The first-order valence-electron chi connectivity index (χ1n) is 6.41. The van der Waals surface area contributed by atoms with E-state index >= 15 is 0 Å². The Kier molecular flexibility index (Phi) is 4.23. The van der Waals surface area contributed by atoms with Gasteiger partial charge in [-0.15, -0.1) is 0 Å². The normalized spacial score (nSPS) is 35.2. The van der Waals surface area contributed by atoms with Gasteiger partial charge in [0.15, 0.2) is 0 Å². The molecule has 2 rings (SSSR count). The second kappa shape index (κ2) is 5.38. The topological polar surface area (TPSA) is 57.6 Å². The third-order valence-electron chi connectivity index (χ3n) is 4.08. The molecule has 1 aliphatic carbocycles. The van der Waals surface area contributed by atoms with Gasteiger partial charge in [-0.05, 0) is 25.7 Å². The molecule has 2 aliphatic rings. The van der Waals surface area contributed by atoms with Crippen molar-refractivity contribution in [3.05, 3.63) is 0 Å². The largest absolute Gasteiger partial charge is 0.393 e. The molecule has 0 aromatic heterocycles. The number of hydrogen-bond acceptors (Lipinski definition) is 3. The summed E-state index contributed by atoms with van der Waals surface area (Å²) in [6, 6.07) is -0.445. The Morgan fingerprint density at radius 3 is 2.39 bits per heavy atom. The summed E-state index contributed by atoms with van der Waals surface area (Å²) in [5, 5.41) is 9.94. The van der Waals surface area contributed by atoms with Crippen LogP contribution in [0.1, 0.15) is 38.5 Å². The van der Waals surface area contributed by atoms with Crippen LogP contribution in [0.3, 0.4) is 0 Å². The summed E-state index contributed by atoms with van der Waals surface area (Å²) in [7, 11) is -4.51. The van der Waals surface area contributed by atoms with Crippen LogP contribution >= 0.6 is 0 Å². The lowest BCUT2D eigenvalue weighted by atomic mass is 9.81. The monoisotopic (exact) mass is 283 g/mol. The van der Waals surface area contributed by atoms with E-state index in [0.717, 1.165) is 23.6 Å². The van der Waals surface area contributed by atoms with Gasteiger partial charge in [0.25, 0.3) is 10.0 Å². The first-order chi connectivity index (χ1) is 8.44. The molecule has 3 atom stereocenters. The second-order valence-electron chi connectivity index (χ2n) is 5.14. The zero-order valence-corrected chi connectivity index (χ0v) is 11.0. The van der Waals surface area contributed by atoms with Crippen LogP contribution in [0.2, 0.25) is 0 Å². The van der Waals surface area contributed by atoms with Crippen molar-refractivity contribution in [2.45, 2.75) is 56.4 Å². The third-order valence-corrected chi connectivity index (χ3v) is 5.63. The van der Waals surface area contributed by atoms with Crippen molar-refractivity contribution >= 4 is 10.0 Å². The average molecular weight is 283 g/mol. The quantitative estimate of drug-likeness (QED) is 0.855. The van der Waals surface area contributed by atoms with Crippen LogP contribution in [-0.2, 0) is 10.0 Å². The van der Waals surface area contributed by atoms with Crippen molar-refractivity contribution in [2.24, 2.45) is 5.92 Å². The second-order valence-corrected chi connectivity index (χ2v) is 7.00. The molecular formula is C11H19F2NO3S. The van der Waals surface area contributed by atoms with E-state index in [4.69, 9.17) is 0 Å². The minimum absolute atomic E-state index is 0.153. The predicted octanol–water partition coefficient (Wildman–Crippen LogP) is 1.55. The molecule has 0 bridgehead atoms. The summed E-state index contributed by atoms with van der Waals surface area (Å²) in [5.74, 6) is -3.55. The predicted molar refractivity (Wildman–Crippen MR) is 62.6 cm³/mol. The Labute approximate surface area is 106 Å². The van der Waals surface area contributed by atoms with Gasteiger partial charge in [0.1, 0.15) is 0 Å². The van der Waals surface area contributed by atoms with Crippen LogP contribution in [-0.4, -0.2) is 42.3 Å². The van der Waals surface area contributed by atoms with E-state index in [1.165, 1.54) is 0 Å².